The van der Waals surface area contributed by atoms with Crippen molar-refractivity contribution in [2.24, 2.45) is 13.0 Å². The summed E-state index contributed by atoms with van der Waals surface area (Å²) >= 11 is 0. The van der Waals surface area contributed by atoms with Gasteiger partial charge < -0.3 is 4.90 Å². The van der Waals surface area contributed by atoms with E-state index in [9.17, 15) is 4.79 Å². The van der Waals surface area contributed by atoms with Crippen molar-refractivity contribution >= 4 is 5.91 Å². The van der Waals surface area contributed by atoms with Crippen LogP contribution in [-0.4, -0.2) is 27.1 Å². The quantitative estimate of drug-likeness (QED) is 0.873. The van der Waals surface area contributed by atoms with E-state index in [-0.39, 0.29) is 12.0 Å². The minimum Gasteiger partial charge on any atom is -0.335 e. The third-order valence-electron chi connectivity index (χ3n) is 4.98. The molecule has 3 atom stereocenters. The molecule has 2 aromatic rings. The molecule has 2 aliphatic rings. The van der Waals surface area contributed by atoms with Crippen molar-refractivity contribution < 1.29 is 4.79 Å². The molecule has 1 aliphatic carbocycles. The standard InChI is InChI=1S/C18H21N3O/c1-20-12-14(11-19-20)17-8-5-9-21(17)18(22)16-10-15(16)13-6-3-2-4-7-13/h2-4,6-7,11-12,15-17H,5,8-10H2,1H3/t15-,16-,17-/m0/s1. The molecular weight excluding hydrogens is 274 g/mol. The zero-order valence-electron chi connectivity index (χ0n) is 12.9. The average molecular weight is 295 g/mol. The summed E-state index contributed by atoms with van der Waals surface area (Å²) in [5, 5.41) is 4.26. The Morgan fingerprint density at radius 2 is 2.05 bits per heavy atom. The van der Waals surface area contributed by atoms with Crippen molar-refractivity contribution in [2.75, 3.05) is 6.54 Å². The van der Waals surface area contributed by atoms with E-state index in [1.54, 1.807) is 0 Å². The van der Waals surface area contributed by atoms with E-state index >= 15 is 0 Å². The van der Waals surface area contributed by atoms with Crippen LogP contribution in [0.3, 0.4) is 0 Å². The van der Waals surface area contributed by atoms with E-state index < -0.39 is 0 Å². The maximum absolute atomic E-state index is 12.9. The first-order valence-electron chi connectivity index (χ1n) is 8.08. The van der Waals surface area contributed by atoms with Crippen LogP contribution in [0.25, 0.3) is 0 Å². The van der Waals surface area contributed by atoms with Crippen LogP contribution in [0.15, 0.2) is 42.7 Å². The third-order valence-corrected chi connectivity index (χ3v) is 4.98. The number of benzene rings is 1. The van der Waals surface area contributed by atoms with Crippen LogP contribution in [0.5, 0.6) is 0 Å². The molecule has 0 spiro atoms. The van der Waals surface area contributed by atoms with Gasteiger partial charge in [0.2, 0.25) is 5.91 Å². The topological polar surface area (TPSA) is 38.1 Å². The number of carbonyl (C=O) groups is 1. The smallest absolute Gasteiger partial charge is 0.226 e. The Morgan fingerprint density at radius 3 is 2.77 bits per heavy atom. The summed E-state index contributed by atoms with van der Waals surface area (Å²) in [6, 6.07) is 10.6. The monoisotopic (exact) mass is 295 g/mol. The van der Waals surface area contributed by atoms with Crippen molar-refractivity contribution in [3.63, 3.8) is 0 Å². The second-order valence-corrected chi connectivity index (χ2v) is 6.50. The predicted molar refractivity (Wildman–Crippen MR) is 84.2 cm³/mol. The molecule has 1 aliphatic heterocycles. The first-order chi connectivity index (χ1) is 10.7. The van der Waals surface area contributed by atoms with Gasteiger partial charge in [0.1, 0.15) is 0 Å². The molecule has 114 valence electrons. The minimum absolute atomic E-state index is 0.180. The van der Waals surface area contributed by atoms with Gasteiger partial charge in [0.15, 0.2) is 0 Å². The van der Waals surface area contributed by atoms with Gasteiger partial charge in [-0.1, -0.05) is 30.3 Å². The number of nitrogens with zero attached hydrogens (tertiary/aromatic N) is 3. The molecule has 0 unspecified atom stereocenters. The number of aromatic nitrogens is 2. The number of amides is 1. The Morgan fingerprint density at radius 1 is 1.23 bits per heavy atom. The highest BCUT2D eigenvalue weighted by molar-refractivity contribution is 5.83. The number of carbonyl (C=O) groups excluding carboxylic acids is 1. The SMILES string of the molecule is Cn1cc([C@@H]2CCCN2C(=O)[C@H]2C[C@H]2c2ccccc2)cn1. The van der Waals surface area contributed by atoms with E-state index in [2.05, 4.69) is 34.3 Å². The maximum Gasteiger partial charge on any atom is 0.226 e. The molecule has 1 saturated carbocycles. The van der Waals surface area contributed by atoms with Crippen molar-refractivity contribution in [1.29, 1.82) is 0 Å². The van der Waals surface area contributed by atoms with Crippen LogP contribution in [0.2, 0.25) is 0 Å². The molecule has 0 radical (unpaired) electrons. The summed E-state index contributed by atoms with van der Waals surface area (Å²) in [5.41, 5.74) is 2.48. The zero-order chi connectivity index (χ0) is 15.1. The second-order valence-electron chi connectivity index (χ2n) is 6.50. The minimum atomic E-state index is 0.180. The fraction of sp³-hybridized carbons (Fsp3) is 0.444. The normalized spacial score (nSPS) is 27.1. The molecule has 2 fully saturated rings. The van der Waals surface area contributed by atoms with Crippen LogP contribution >= 0.6 is 0 Å². The molecule has 4 heteroatoms. The molecule has 0 bridgehead atoms. The molecule has 2 heterocycles. The van der Waals surface area contributed by atoms with Crippen molar-refractivity contribution in [2.45, 2.75) is 31.2 Å². The lowest BCUT2D eigenvalue weighted by molar-refractivity contribution is -0.133. The van der Waals surface area contributed by atoms with Crippen LogP contribution in [0.1, 0.15) is 42.3 Å². The molecule has 4 rings (SSSR count). The van der Waals surface area contributed by atoms with Crippen molar-refractivity contribution in [1.82, 2.24) is 14.7 Å². The number of likely N-dealkylation sites (tertiary alicyclic amines) is 1. The Balaban J connectivity index is 1.49. The number of hydrogen-bond acceptors (Lipinski definition) is 2. The fourth-order valence-electron chi connectivity index (χ4n) is 3.74. The molecule has 22 heavy (non-hydrogen) atoms. The zero-order valence-corrected chi connectivity index (χ0v) is 12.9. The first-order valence-corrected chi connectivity index (χ1v) is 8.08. The van der Waals surface area contributed by atoms with Gasteiger partial charge in [0.05, 0.1) is 12.2 Å². The van der Waals surface area contributed by atoms with Gasteiger partial charge in [0, 0.05) is 31.3 Å². The summed E-state index contributed by atoms with van der Waals surface area (Å²) in [7, 11) is 1.93. The van der Waals surface area contributed by atoms with Gasteiger partial charge in [-0.25, -0.2) is 0 Å². The van der Waals surface area contributed by atoms with E-state index in [0.29, 0.717) is 11.8 Å². The van der Waals surface area contributed by atoms with Gasteiger partial charge in [-0.05, 0) is 30.7 Å². The Bertz CT molecular complexity index is 679. The fourth-order valence-corrected chi connectivity index (χ4v) is 3.74. The van der Waals surface area contributed by atoms with Crippen LogP contribution in [-0.2, 0) is 11.8 Å². The summed E-state index contributed by atoms with van der Waals surface area (Å²) in [6.45, 7) is 0.885. The van der Waals surface area contributed by atoms with Crippen molar-refractivity contribution in [3.8, 4) is 0 Å². The average Bonchev–Trinajstić information content (AvgIpc) is 2.98. The summed E-state index contributed by atoms with van der Waals surface area (Å²) < 4.78 is 1.82. The molecule has 1 aromatic carbocycles. The van der Waals surface area contributed by atoms with E-state index in [0.717, 1.165) is 25.8 Å². The first kappa shape index (κ1) is 13.6. The molecule has 0 N–H and O–H groups in total. The van der Waals surface area contributed by atoms with Gasteiger partial charge in [0.25, 0.3) is 0 Å². The molecule has 1 aromatic heterocycles. The largest absolute Gasteiger partial charge is 0.335 e. The maximum atomic E-state index is 12.9. The van der Waals surface area contributed by atoms with Crippen LogP contribution < -0.4 is 0 Å². The van der Waals surface area contributed by atoms with Crippen LogP contribution in [0.4, 0.5) is 0 Å². The predicted octanol–water partition coefficient (Wildman–Crippen LogP) is 2.89. The van der Waals surface area contributed by atoms with Crippen molar-refractivity contribution in [3.05, 3.63) is 53.9 Å². The van der Waals surface area contributed by atoms with Gasteiger partial charge in [-0.3, -0.25) is 9.48 Å². The Labute approximate surface area is 130 Å². The van der Waals surface area contributed by atoms with E-state index in [1.165, 1.54) is 11.1 Å². The number of rotatable bonds is 3. The Hall–Kier alpha value is -2.10. The van der Waals surface area contributed by atoms with Crippen LogP contribution in [0, 0.1) is 5.92 Å². The summed E-state index contributed by atoms with van der Waals surface area (Å²) in [5.74, 6) is 0.934. The lowest BCUT2D eigenvalue weighted by Gasteiger charge is -2.24. The molecule has 1 saturated heterocycles. The summed E-state index contributed by atoms with van der Waals surface area (Å²) in [6.07, 6.45) is 7.09. The highest BCUT2D eigenvalue weighted by atomic mass is 16.2. The highest BCUT2D eigenvalue weighted by Crippen LogP contribution is 2.50. The van der Waals surface area contributed by atoms with E-state index in [1.807, 2.05) is 30.2 Å². The highest BCUT2D eigenvalue weighted by Gasteiger charge is 2.47. The second kappa shape index (κ2) is 5.27. The van der Waals surface area contributed by atoms with Gasteiger partial charge in [-0.15, -0.1) is 0 Å². The number of aryl methyl sites for hydroxylation is 1. The third kappa shape index (κ3) is 2.32. The molecule has 1 amide bonds. The van der Waals surface area contributed by atoms with Gasteiger partial charge in [-0.2, -0.15) is 5.10 Å². The van der Waals surface area contributed by atoms with E-state index in [4.69, 9.17) is 0 Å². The lowest BCUT2D eigenvalue weighted by atomic mass is 10.1. The molecule has 4 nitrogen and oxygen atoms in total. The van der Waals surface area contributed by atoms with Gasteiger partial charge >= 0.3 is 0 Å². The lowest BCUT2D eigenvalue weighted by Crippen LogP contribution is -2.32. The summed E-state index contributed by atoms with van der Waals surface area (Å²) in [4.78, 5) is 15.0. The number of hydrogen-bond donors (Lipinski definition) is 0. The molecular formula is C18H21N3O. The Kier molecular flexibility index (Phi) is 3.25.